The lowest BCUT2D eigenvalue weighted by Crippen LogP contribution is -2.30. The first-order valence-corrected chi connectivity index (χ1v) is 13.5. The van der Waals surface area contributed by atoms with Gasteiger partial charge in [0.15, 0.2) is 11.9 Å². The molecule has 0 saturated heterocycles. The van der Waals surface area contributed by atoms with Crippen LogP contribution in [0.5, 0.6) is 0 Å². The molecule has 0 atom stereocenters. The predicted molar refractivity (Wildman–Crippen MR) is 155 cm³/mol. The number of fused-ring (bicyclic) bond motifs is 4. The first-order chi connectivity index (χ1) is 18.6. The highest BCUT2D eigenvalue weighted by molar-refractivity contribution is 6.16. The number of hydrogen-bond acceptors (Lipinski definition) is 1. The Morgan fingerprint density at radius 2 is 1.53 bits per heavy atom. The number of aromatic nitrogens is 1. The monoisotopic (exact) mass is 493 g/mol. The maximum atomic E-state index is 7.83. The minimum atomic E-state index is 0.608. The van der Waals surface area contributed by atoms with Crippen molar-refractivity contribution in [2.45, 2.75) is 38.5 Å². The highest BCUT2D eigenvalue weighted by atomic mass is 16.3. The topological polar surface area (TPSA) is 21.4 Å². The van der Waals surface area contributed by atoms with Crippen molar-refractivity contribution >= 4 is 38.4 Å². The Morgan fingerprint density at radius 1 is 0.816 bits per heavy atom. The van der Waals surface area contributed by atoms with Gasteiger partial charge in [-0.15, -0.1) is 0 Å². The standard InChI is InChI=1S/C35H29N2O/c1-22-13-15-28-29-17-18-30(36-2)32(24-11-5-4-6-12-24)35(29)38-34(28)31(22)33-27-16-14-25(23-9-7-8-10-23)21-26(27)19-20-37(33)3/h4-6,11-21,23H,7-10H2,1,3H3/q+1. The van der Waals surface area contributed by atoms with Crippen molar-refractivity contribution < 1.29 is 8.98 Å². The molecule has 3 nitrogen and oxygen atoms in total. The molecule has 1 fully saturated rings. The second kappa shape index (κ2) is 8.85. The van der Waals surface area contributed by atoms with Crippen molar-refractivity contribution in [3.05, 3.63) is 108 Å². The second-order valence-electron chi connectivity index (χ2n) is 10.7. The Morgan fingerprint density at radius 3 is 2.29 bits per heavy atom. The lowest BCUT2D eigenvalue weighted by molar-refractivity contribution is -0.659. The van der Waals surface area contributed by atoms with Crippen LogP contribution in [0.2, 0.25) is 0 Å². The number of furan rings is 1. The van der Waals surface area contributed by atoms with Gasteiger partial charge in [-0.05, 0) is 53.8 Å². The van der Waals surface area contributed by atoms with E-state index in [2.05, 4.69) is 78.1 Å². The van der Waals surface area contributed by atoms with E-state index in [0.717, 1.165) is 44.3 Å². The molecular formula is C35H29N2O+. The summed E-state index contributed by atoms with van der Waals surface area (Å²) in [5.41, 5.74) is 9.03. The zero-order chi connectivity index (χ0) is 25.8. The van der Waals surface area contributed by atoms with E-state index >= 15 is 0 Å². The summed E-state index contributed by atoms with van der Waals surface area (Å²) in [6, 6.07) is 27.7. The van der Waals surface area contributed by atoms with Gasteiger partial charge < -0.3 is 4.42 Å². The molecule has 0 spiro atoms. The molecule has 7 rings (SSSR count). The fraction of sp³-hybridized carbons (Fsp3) is 0.200. The highest BCUT2D eigenvalue weighted by Crippen LogP contribution is 2.45. The molecule has 2 aromatic heterocycles. The van der Waals surface area contributed by atoms with Gasteiger partial charge in [0, 0.05) is 22.4 Å². The Bertz CT molecular complexity index is 1900. The van der Waals surface area contributed by atoms with Gasteiger partial charge in [0.1, 0.15) is 18.2 Å². The summed E-state index contributed by atoms with van der Waals surface area (Å²) in [6.07, 6.45) is 7.44. The van der Waals surface area contributed by atoms with Gasteiger partial charge in [-0.1, -0.05) is 79.6 Å². The lowest BCUT2D eigenvalue weighted by Gasteiger charge is -2.12. The van der Waals surface area contributed by atoms with E-state index in [0.29, 0.717) is 11.6 Å². The van der Waals surface area contributed by atoms with E-state index in [1.54, 1.807) is 0 Å². The van der Waals surface area contributed by atoms with E-state index in [-0.39, 0.29) is 0 Å². The molecule has 1 aliphatic rings. The van der Waals surface area contributed by atoms with Crippen LogP contribution in [0.15, 0.2) is 89.5 Å². The average molecular weight is 494 g/mol. The van der Waals surface area contributed by atoms with Crippen molar-refractivity contribution in [1.82, 2.24) is 0 Å². The Kier molecular flexibility index (Phi) is 5.30. The summed E-state index contributed by atoms with van der Waals surface area (Å²) in [4.78, 5) is 3.85. The normalized spacial score (nSPS) is 14.0. The van der Waals surface area contributed by atoms with Gasteiger partial charge >= 0.3 is 0 Å². The van der Waals surface area contributed by atoms with E-state index in [1.807, 2.05) is 30.3 Å². The molecule has 1 saturated carbocycles. The summed E-state index contributed by atoms with van der Waals surface area (Å²) < 4.78 is 9.02. The molecule has 4 aromatic carbocycles. The molecule has 2 heterocycles. The van der Waals surface area contributed by atoms with E-state index < -0.39 is 0 Å². The number of pyridine rings is 1. The first kappa shape index (κ1) is 22.8. The van der Waals surface area contributed by atoms with Crippen LogP contribution in [0.25, 0.3) is 59.9 Å². The summed E-state index contributed by atoms with van der Waals surface area (Å²) in [7, 11) is 2.12. The fourth-order valence-electron chi connectivity index (χ4n) is 6.48. The summed E-state index contributed by atoms with van der Waals surface area (Å²) in [6.45, 7) is 10.00. The maximum absolute atomic E-state index is 7.83. The molecular weight excluding hydrogens is 464 g/mol. The van der Waals surface area contributed by atoms with E-state index in [9.17, 15) is 0 Å². The Balaban J connectivity index is 1.53. The largest absolute Gasteiger partial charge is 0.456 e. The van der Waals surface area contributed by atoms with Gasteiger partial charge in [-0.3, -0.25) is 0 Å². The molecule has 3 heteroatoms. The van der Waals surface area contributed by atoms with Crippen LogP contribution in [-0.4, -0.2) is 0 Å². The van der Waals surface area contributed by atoms with Gasteiger partial charge in [-0.2, -0.15) is 0 Å². The number of hydrogen-bond donors (Lipinski definition) is 0. The van der Waals surface area contributed by atoms with E-state index in [1.165, 1.54) is 47.6 Å². The quantitative estimate of drug-likeness (QED) is 0.178. The van der Waals surface area contributed by atoms with Crippen molar-refractivity contribution in [2.24, 2.45) is 7.05 Å². The molecule has 6 aromatic rings. The van der Waals surface area contributed by atoms with Crippen LogP contribution >= 0.6 is 0 Å². The Labute approximate surface area is 222 Å². The van der Waals surface area contributed by atoms with Crippen molar-refractivity contribution in [3.63, 3.8) is 0 Å². The predicted octanol–water partition coefficient (Wildman–Crippen LogP) is 9.41. The minimum Gasteiger partial charge on any atom is -0.456 e. The third-order valence-electron chi connectivity index (χ3n) is 8.40. The number of nitrogens with zero attached hydrogens (tertiary/aromatic N) is 2. The van der Waals surface area contributed by atoms with Crippen LogP contribution in [0.3, 0.4) is 0 Å². The SMILES string of the molecule is [C-]#[N+]c1ccc2c(oc3c(-c4c5ccc(C6CCCC6)cc5cc[n+]4C)c(C)ccc32)c1-c1ccccc1. The zero-order valence-electron chi connectivity index (χ0n) is 21.8. The average Bonchev–Trinajstić information content (AvgIpc) is 3.62. The lowest BCUT2D eigenvalue weighted by atomic mass is 9.92. The molecule has 0 aliphatic heterocycles. The second-order valence-corrected chi connectivity index (χ2v) is 10.7. The molecule has 0 radical (unpaired) electrons. The van der Waals surface area contributed by atoms with Crippen LogP contribution < -0.4 is 4.57 Å². The highest BCUT2D eigenvalue weighted by Gasteiger charge is 2.26. The van der Waals surface area contributed by atoms with Gasteiger partial charge in [0.2, 0.25) is 5.69 Å². The maximum Gasteiger partial charge on any atom is 0.224 e. The van der Waals surface area contributed by atoms with Crippen LogP contribution in [0, 0.1) is 13.5 Å². The molecule has 0 amide bonds. The van der Waals surface area contributed by atoms with Crippen LogP contribution in [0.1, 0.15) is 42.7 Å². The smallest absolute Gasteiger partial charge is 0.224 e. The first-order valence-electron chi connectivity index (χ1n) is 13.5. The van der Waals surface area contributed by atoms with Crippen molar-refractivity contribution in [2.75, 3.05) is 0 Å². The number of benzene rings is 4. The summed E-state index contributed by atoms with van der Waals surface area (Å²) >= 11 is 0. The fourth-order valence-corrected chi connectivity index (χ4v) is 6.48. The number of rotatable bonds is 3. The zero-order valence-corrected chi connectivity index (χ0v) is 21.8. The van der Waals surface area contributed by atoms with Crippen molar-refractivity contribution in [1.29, 1.82) is 0 Å². The van der Waals surface area contributed by atoms with Gasteiger partial charge in [0.25, 0.3) is 0 Å². The molecule has 1 aliphatic carbocycles. The van der Waals surface area contributed by atoms with Gasteiger partial charge in [0.05, 0.1) is 17.5 Å². The molecule has 184 valence electrons. The minimum absolute atomic E-state index is 0.608. The number of aryl methyl sites for hydroxylation is 2. The third-order valence-corrected chi connectivity index (χ3v) is 8.40. The van der Waals surface area contributed by atoms with Crippen LogP contribution in [-0.2, 0) is 7.05 Å². The molecule has 0 N–H and O–H groups in total. The Hall–Kier alpha value is -4.42. The van der Waals surface area contributed by atoms with Crippen LogP contribution in [0.4, 0.5) is 5.69 Å². The van der Waals surface area contributed by atoms with Gasteiger partial charge in [-0.25, -0.2) is 9.41 Å². The molecule has 38 heavy (non-hydrogen) atoms. The van der Waals surface area contributed by atoms with Crippen molar-refractivity contribution in [3.8, 4) is 22.4 Å². The summed E-state index contributed by atoms with van der Waals surface area (Å²) in [5, 5.41) is 4.63. The molecule has 0 bridgehead atoms. The van der Waals surface area contributed by atoms with E-state index in [4.69, 9.17) is 11.0 Å². The summed E-state index contributed by atoms with van der Waals surface area (Å²) in [5.74, 6) is 0.686. The third kappa shape index (κ3) is 3.45. The molecule has 0 unspecified atom stereocenters.